The van der Waals surface area contributed by atoms with E-state index in [1.807, 2.05) is 0 Å². The van der Waals surface area contributed by atoms with Crippen LogP contribution in [0.2, 0.25) is 0 Å². The highest BCUT2D eigenvalue weighted by Gasteiger charge is 2.20. The van der Waals surface area contributed by atoms with Crippen molar-refractivity contribution in [2.75, 3.05) is 19.8 Å². The molecule has 0 aliphatic carbocycles. The van der Waals surface area contributed by atoms with Gasteiger partial charge in [0.25, 0.3) is 0 Å². The lowest BCUT2D eigenvalue weighted by Crippen LogP contribution is -2.48. The van der Waals surface area contributed by atoms with Gasteiger partial charge in [0.15, 0.2) is 0 Å². The molecule has 0 fully saturated rings. The van der Waals surface area contributed by atoms with E-state index in [1.165, 1.54) is 0 Å². The summed E-state index contributed by atoms with van der Waals surface area (Å²) in [4.78, 5) is 0. The third-order valence-corrected chi connectivity index (χ3v) is 1.27. The number of aliphatic hydroxyl groups is 2. The quantitative estimate of drug-likeness (QED) is 0.358. The van der Waals surface area contributed by atoms with Crippen molar-refractivity contribution in [3.05, 3.63) is 0 Å². The molecule has 0 rings (SSSR count). The molecule has 4 nitrogen and oxygen atoms in total. The van der Waals surface area contributed by atoms with Gasteiger partial charge in [0.05, 0.1) is 18.8 Å². The maximum atomic E-state index is 8.58. The maximum absolute atomic E-state index is 8.58. The molecular formula is C5H14N2O2. The number of hydrogen-bond acceptors (Lipinski definition) is 4. The van der Waals surface area contributed by atoms with E-state index in [0.717, 1.165) is 0 Å². The highest BCUT2D eigenvalue weighted by atomic mass is 16.3. The fourth-order valence-electron chi connectivity index (χ4n) is 0.496. The standard InChI is InChI=1S/C5H14N2O2/c6-2-1-5(7,3-8)4-9/h8-9H,1-4,6-7H2. The molecule has 9 heavy (non-hydrogen) atoms. The van der Waals surface area contributed by atoms with E-state index in [2.05, 4.69) is 0 Å². The van der Waals surface area contributed by atoms with Crippen LogP contribution in [0.4, 0.5) is 0 Å². The average molecular weight is 134 g/mol. The summed E-state index contributed by atoms with van der Waals surface area (Å²) in [5.74, 6) is 0. The fourth-order valence-corrected chi connectivity index (χ4v) is 0.496. The molecule has 0 bridgehead atoms. The van der Waals surface area contributed by atoms with Gasteiger partial charge in [0.1, 0.15) is 0 Å². The van der Waals surface area contributed by atoms with Crippen LogP contribution in [-0.2, 0) is 0 Å². The Labute approximate surface area is 54.5 Å². The first-order valence-electron chi connectivity index (χ1n) is 2.89. The van der Waals surface area contributed by atoms with Crippen molar-refractivity contribution >= 4 is 0 Å². The molecule has 4 heteroatoms. The van der Waals surface area contributed by atoms with Gasteiger partial charge in [-0.1, -0.05) is 0 Å². The second kappa shape index (κ2) is 3.79. The van der Waals surface area contributed by atoms with Gasteiger partial charge in [-0.25, -0.2) is 0 Å². The monoisotopic (exact) mass is 134 g/mol. The zero-order valence-corrected chi connectivity index (χ0v) is 5.38. The number of aliphatic hydroxyl groups excluding tert-OH is 2. The Hall–Kier alpha value is -0.160. The molecule has 0 aromatic heterocycles. The van der Waals surface area contributed by atoms with Gasteiger partial charge in [0.2, 0.25) is 0 Å². The molecule has 0 aromatic carbocycles. The van der Waals surface area contributed by atoms with Crippen molar-refractivity contribution in [2.24, 2.45) is 11.5 Å². The Morgan fingerprint density at radius 2 is 1.67 bits per heavy atom. The number of nitrogens with two attached hydrogens (primary N) is 2. The molecule has 0 radical (unpaired) electrons. The lowest BCUT2D eigenvalue weighted by molar-refractivity contribution is 0.116. The molecule has 0 atom stereocenters. The van der Waals surface area contributed by atoms with Crippen molar-refractivity contribution < 1.29 is 10.2 Å². The van der Waals surface area contributed by atoms with Crippen LogP contribution < -0.4 is 11.5 Å². The second-order valence-electron chi connectivity index (χ2n) is 2.22. The first kappa shape index (κ1) is 8.84. The Morgan fingerprint density at radius 1 is 1.22 bits per heavy atom. The van der Waals surface area contributed by atoms with Gasteiger partial charge in [-0.05, 0) is 13.0 Å². The van der Waals surface area contributed by atoms with E-state index in [-0.39, 0.29) is 13.2 Å². The fraction of sp³-hybridized carbons (Fsp3) is 1.00. The van der Waals surface area contributed by atoms with Crippen LogP contribution in [0.15, 0.2) is 0 Å². The van der Waals surface area contributed by atoms with Gasteiger partial charge >= 0.3 is 0 Å². The Bertz CT molecular complexity index is 73.4. The predicted octanol–water partition coefficient (Wildman–Crippen LogP) is -1.98. The predicted molar refractivity (Wildman–Crippen MR) is 34.8 cm³/mol. The first-order chi connectivity index (χ1) is 4.18. The van der Waals surface area contributed by atoms with E-state index in [0.29, 0.717) is 13.0 Å². The van der Waals surface area contributed by atoms with Crippen molar-refractivity contribution in [2.45, 2.75) is 12.0 Å². The third-order valence-electron chi connectivity index (χ3n) is 1.27. The average Bonchev–Trinajstić information content (AvgIpc) is 1.89. The molecule has 0 amide bonds. The van der Waals surface area contributed by atoms with E-state index in [4.69, 9.17) is 21.7 Å². The summed E-state index contributed by atoms with van der Waals surface area (Å²) in [5.41, 5.74) is 9.71. The molecule has 0 spiro atoms. The molecule has 0 saturated carbocycles. The van der Waals surface area contributed by atoms with Gasteiger partial charge < -0.3 is 21.7 Å². The number of rotatable bonds is 4. The Morgan fingerprint density at radius 3 is 1.78 bits per heavy atom. The lowest BCUT2D eigenvalue weighted by atomic mass is 9.99. The largest absolute Gasteiger partial charge is 0.394 e. The van der Waals surface area contributed by atoms with Crippen molar-refractivity contribution in [3.63, 3.8) is 0 Å². The normalized spacial score (nSPS) is 12.0. The Kier molecular flexibility index (Phi) is 3.72. The van der Waals surface area contributed by atoms with Crippen LogP contribution in [0.25, 0.3) is 0 Å². The summed E-state index contributed by atoms with van der Waals surface area (Å²) in [5, 5.41) is 17.2. The molecular weight excluding hydrogens is 120 g/mol. The minimum absolute atomic E-state index is 0.222. The molecule has 0 aliphatic heterocycles. The SMILES string of the molecule is NCCC(N)(CO)CO. The summed E-state index contributed by atoms with van der Waals surface area (Å²) in [6.45, 7) is -0.0565. The van der Waals surface area contributed by atoms with Gasteiger partial charge in [-0.2, -0.15) is 0 Å². The van der Waals surface area contributed by atoms with Crippen LogP contribution >= 0.6 is 0 Å². The van der Waals surface area contributed by atoms with E-state index in [9.17, 15) is 0 Å². The van der Waals surface area contributed by atoms with Crippen LogP contribution in [0.1, 0.15) is 6.42 Å². The van der Waals surface area contributed by atoms with Crippen LogP contribution in [-0.4, -0.2) is 35.5 Å². The van der Waals surface area contributed by atoms with Gasteiger partial charge in [-0.3, -0.25) is 0 Å². The van der Waals surface area contributed by atoms with E-state index < -0.39 is 5.54 Å². The molecule has 0 aromatic rings. The molecule has 56 valence electrons. The zero-order valence-electron chi connectivity index (χ0n) is 5.38. The maximum Gasteiger partial charge on any atom is 0.0635 e. The van der Waals surface area contributed by atoms with Crippen molar-refractivity contribution in [1.82, 2.24) is 0 Å². The number of hydrogen-bond donors (Lipinski definition) is 4. The first-order valence-corrected chi connectivity index (χ1v) is 2.89. The van der Waals surface area contributed by atoms with E-state index >= 15 is 0 Å². The molecule has 0 unspecified atom stereocenters. The van der Waals surface area contributed by atoms with Crippen molar-refractivity contribution in [3.8, 4) is 0 Å². The minimum atomic E-state index is -0.880. The van der Waals surface area contributed by atoms with Crippen LogP contribution in [0.3, 0.4) is 0 Å². The second-order valence-corrected chi connectivity index (χ2v) is 2.22. The van der Waals surface area contributed by atoms with Gasteiger partial charge in [-0.15, -0.1) is 0 Å². The van der Waals surface area contributed by atoms with Crippen molar-refractivity contribution in [1.29, 1.82) is 0 Å². The lowest BCUT2D eigenvalue weighted by Gasteiger charge is -2.23. The highest BCUT2D eigenvalue weighted by Crippen LogP contribution is 2.01. The summed E-state index contributed by atoms with van der Waals surface area (Å²) in [6, 6.07) is 0. The molecule has 0 aliphatic rings. The Balaban J connectivity index is 3.62. The molecule has 0 heterocycles. The summed E-state index contributed by atoms with van der Waals surface area (Å²) < 4.78 is 0. The van der Waals surface area contributed by atoms with Crippen LogP contribution in [0, 0.1) is 0 Å². The zero-order chi connectivity index (χ0) is 7.33. The summed E-state index contributed by atoms with van der Waals surface area (Å²) in [7, 11) is 0. The smallest absolute Gasteiger partial charge is 0.0635 e. The van der Waals surface area contributed by atoms with Crippen LogP contribution in [0.5, 0.6) is 0 Å². The molecule has 6 N–H and O–H groups in total. The third kappa shape index (κ3) is 2.76. The van der Waals surface area contributed by atoms with Gasteiger partial charge in [0, 0.05) is 0 Å². The highest BCUT2D eigenvalue weighted by molar-refractivity contribution is 4.82. The topological polar surface area (TPSA) is 92.5 Å². The minimum Gasteiger partial charge on any atom is -0.394 e. The summed E-state index contributed by atoms with van der Waals surface area (Å²) >= 11 is 0. The molecule has 0 saturated heterocycles. The summed E-state index contributed by atoms with van der Waals surface area (Å²) in [6.07, 6.45) is 0.444. The van der Waals surface area contributed by atoms with E-state index in [1.54, 1.807) is 0 Å².